The van der Waals surface area contributed by atoms with E-state index in [1.165, 1.54) is 7.11 Å². The Bertz CT molecular complexity index is 402. The summed E-state index contributed by atoms with van der Waals surface area (Å²) in [6, 6.07) is 1.88. The maximum atomic E-state index is 10.5. The van der Waals surface area contributed by atoms with Crippen LogP contribution < -0.4 is 4.74 Å². The molecule has 88 valence electrons. The Balaban J connectivity index is 3.32. The molecule has 0 bridgehead atoms. The molecule has 0 aromatic heterocycles. The third kappa shape index (κ3) is 2.38. The van der Waals surface area contributed by atoms with Crippen LogP contribution in [0.15, 0.2) is 10.5 Å². The molecule has 0 aliphatic rings. The van der Waals surface area contributed by atoms with Crippen LogP contribution in [0.25, 0.3) is 0 Å². The summed E-state index contributed by atoms with van der Waals surface area (Å²) in [4.78, 5) is 10.5. The highest BCUT2D eigenvalue weighted by Crippen LogP contribution is 2.42. The molecule has 3 nitrogen and oxygen atoms in total. The normalized spacial score (nSPS) is 12.2. The number of phenolic OH excluding ortho intramolecular Hbond substituents is 1. The van der Waals surface area contributed by atoms with Crippen molar-refractivity contribution in [2.24, 2.45) is 0 Å². The van der Waals surface area contributed by atoms with E-state index in [0.717, 1.165) is 17.4 Å². The third-order valence-electron chi connectivity index (χ3n) is 2.60. The van der Waals surface area contributed by atoms with E-state index < -0.39 is 0 Å². The van der Waals surface area contributed by atoms with Crippen LogP contribution in [0.3, 0.4) is 0 Å². The van der Waals surface area contributed by atoms with Crippen molar-refractivity contribution in [2.45, 2.75) is 26.2 Å². The van der Waals surface area contributed by atoms with Gasteiger partial charge in [-0.05, 0) is 40.4 Å². The average molecular weight is 287 g/mol. The predicted molar refractivity (Wildman–Crippen MR) is 66.2 cm³/mol. The topological polar surface area (TPSA) is 46.5 Å². The summed E-state index contributed by atoms with van der Waals surface area (Å²) in [5, 5.41) is 10.1. The van der Waals surface area contributed by atoms with Crippen molar-refractivity contribution in [3.05, 3.63) is 21.7 Å². The summed E-state index contributed by atoms with van der Waals surface area (Å²) in [5.74, 6) is 0.515. The van der Waals surface area contributed by atoms with Crippen LogP contribution in [0.1, 0.15) is 30.4 Å². The van der Waals surface area contributed by atoms with Gasteiger partial charge in [-0.2, -0.15) is 0 Å². The number of carbonyl (C=O) groups is 1. The fourth-order valence-electron chi connectivity index (χ4n) is 1.83. The molecule has 0 fully saturated rings. The van der Waals surface area contributed by atoms with Gasteiger partial charge in [0, 0.05) is 12.0 Å². The first kappa shape index (κ1) is 13.0. The van der Waals surface area contributed by atoms with Crippen molar-refractivity contribution >= 4 is 22.2 Å². The van der Waals surface area contributed by atoms with Gasteiger partial charge in [-0.3, -0.25) is 0 Å². The van der Waals surface area contributed by atoms with Crippen molar-refractivity contribution in [3.63, 3.8) is 0 Å². The quantitative estimate of drug-likeness (QED) is 0.865. The van der Waals surface area contributed by atoms with Crippen LogP contribution in [-0.2, 0) is 4.79 Å². The lowest BCUT2D eigenvalue weighted by Gasteiger charge is -2.17. The summed E-state index contributed by atoms with van der Waals surface area (Å²) >= 11 is 3.33. The molecule has 0 aliphatic carbocycles. The number of benzene rings is 1. The number of hydrogen-bond acceptors (Lipinski definition) is 3. The Kier molecular flexibility index (Phi) is 4.35. The van der Waals surface area contributed by atoms with Crippen LogP contribution in [0.5, 0.6) is 11.5 Å². The molecule has 1 aromatic carbocycles. The van der Waals surface area contributed by atoms with Gasteiger partial charge >= 0.3 is 0 Å². The Hall–Kier alpha value is -1.03. The first-order chi connectivity index (χ1) is 7.52. The molecule has 0 saturated carbocycles. The molecule has 0 spiro atoms. The molecule has 1 unspecified atom stereocenters. The largest absolute Gasteiger partial charge is 0.504 e. The van der Waals surface area contributed by atoms with Crippen LogP contribution in [0.2, 0.25) is 0 Å². The number of aromatic hydroxyl groups is 1. The minimum absolute atomic E-state index is 0.0144. The number of aldehydes is 1. The number of methoxy groups -OCH3 is 1. The highest BCUT2D eigenvalue weighted by atomic mass is 79.9. The number of hydrogen-bond donors (Lipinski definition) is 1. The van der Waals surface area contributed by atoms with Crippen molar-refractivity contribution in [1.29, 1.82) is 0 Å². The van der Waals surface area contributed by atoms with Gasteiger partial charge in [0.15, 0.2) is 11.5 Å². The van der Waals surface area contributed by atoms with E-state index in [1.54, 1.807) is 0 Å². The Morgan fingerprint density at radius 3 is 2.75 bits per heavy atom. The van der Waals surface area contributed by atoms with Gasteiger partial charge in [-0.15, -0.1) is 0 Å². The van der Waals surface area contributed by atoms with E-state index in [-0.39, 0.29) is 11.7 Å². The van der Waals surface area contributed by atoms with Crippen LogP contribution in [0.4, 0.5) is 0 Å². The molecule has 16 heavy (non-hydrogen) atoms. The van der Waals surface area contributed by atoms with Crippen LogP contribution in [-0.4, -0.2) is 18.5 Å². The smallest absolute Gasteiger partial charge is 0.174 e. The minimum atomic E-state index is -0.0144. The summed E-state index contributed by atoms with van der Waals surface area (Å²) in [6.07, 6.45) is 1.25. The molecule has 0 aliphatic heterocycles. The fraction of sp³-hybridized carbons (Fsp3) is 0.417. The van der Waals surface area contributed by atoms with E-state index in [1.807, 2.05) is 19.9 Å². The fourth-order valence-corrected chi connectivity index (χ4v) is 2.53. The maximum Gasteiger partial charge on any atom is 0.174 e. The molecular formula is C12H15BrO3. The number of aryl methyl sites for hydroxylation is 1. The Morgan fingerprint density at radius 2 is 2.25 bits per heavy atom. The first-order valence-electron chi connectivity index (χ1n) is 5.02. The summed E-state index contributed by atoms with van der Waals surface area (Å²) < 4.78 is 5.83. The standard InChI is InChI=1S/C12H15BrO3/c1-7(4-5-14)10-8(2)6-9(13)12(16-3)11(10)15/h5-7,15H,4H2,1-3H3. The van der Waals surface area contributed by atoms with Gasteiger partial charge < -0.3 is 14.6 Å². The molecule has 1 aromatic rings. The van der Waals surface area contributed by atoms with Gasteiger partial charge in [0.2, 0.25) is 0 Å². The zero-order chi connectivity index (χ0) is 12.3. The monoisotopic (exact) mass is 286 g/mol. The average Bonchev–Trinajstić information content (AvgIpc) is 2.17. The highest BCUT2D eigenvalue weighted by Gasteiger charge is 2.19. The van der Waals surface area contributed by atoms with Crippen LogP contribution >= 0.6 is 15.9 Å². The van der Waals surface area contributed by atoms with Gasteiger partial charge in [-0.25, -0.2) is 0 Å². The van der Waals surface area contributed by atoms with E-state index in [2.05, 4.69) is 15.9 Å². The minimum Gasteiger partial charge on any atom is -0.504 e. The number of ether oxygens (including phenoxy) is 1. The second-order valence-corrected chi connectivity index (χ2v) is 4.63. The Labute approximate surface area is 104 Å². The molecule has 0 saturated heterocycles. The van der Waals surface area contributed by atoms with Gasteiger partial charge in [-0.1, -0.05) is 6.92 Å². The lowest BCUT2D eigenvalue weighted by molar-refractivity contribution is -0.108. The predicted octanol–water partition coefficient (Wildman–Crippen LogP) is 3.16. The molecule has 4 heteroatoms. The molecule has 0 amide bonds. The highest BCUT2D eigenvalue weighted by molar-refractivity contribution is 9.10. The van der Waals surface area contributed by atoms with Crippen molar-refractivity contribution < 1.29 is 14.6 Å². The van der Waals surface area contributed by atoms with Crippen molar-refractivity contribution in [2.75, 3.05) is 7.11 Å². The number of carbonyl (C=O) groups excluding carboxylic acids is 1. The SMILES string of the molecule is COc1c(Br)cc(C)c(C(C)CC=O)c1O. The Morgan fingerprint density at radius 1 is 1.62 bits per heavy atom. The van der Waals surface area contributed by atoms with Crippen molar-refractivity contribution in [1.82, 2.24) is 0 Å². The maximum absolute atomic E-state index is 10.5. The molecule has 0 heterocycles. The van der Waals surface area contributed by atoms with E-state index in [0.29, 0.717) is 16.6 Å². The zero-order valence-corrected chi connectivity index (χ0v) is 11.2. The third-order valence-corrected chi connectivity index (χ3v) is 3.19. The zero-order valence-electron chi connectivity index (χ0n) is 9.58. The summed E-state index contributed by atoms with van der Waals surface area (Å²) in [7, 11) is 1.50. The number of rotatable bonds is 4. The van der Waals surface area contributed by atoms with E-state index >= 15 is 0 Å². The second kappa shape index (κ2) is 5.34. The molecule has 1 N–H and O–H groups in total. The molecular weight excluding hydrogens is 272 g/mol. The summed E-state index contributed by atoms with van der Waals surface area (Å²) in [5.41, 5.74) is 1.71. The van der Waals surface area contributed by atoms with Crippen LogP contribution in [0, 0.1) is 6.92 Å². The molecule has 1 rings (SSSR count). The van der Waals surface area contributed by atoms with Crippen molar-refractivity contribution in [3.8, 4) is 11.5 Å². The van der Waals surface area contributed by atoms with Gasteiger partial charge in [0.1, 0.15) is 6.29 Å². The molecule has 0 radical (unpaired) electrons. The van der Waals surface area contributed by atoms with E-state index in [4.69, 9.17) is 4.74 Å². The van der Waals surface area contributed by atoms with E-state index in [9.17, 15) is 9.90 Å². The summed E-state index contributed by atoms with van der Waals surface area (Å²) in [6.45, 7) is 3.81. The first-order valence-corrected chi connectivity index (χ1v) is 5.81. The second-order valence-electron chi connectivity index (χ2n) is 3.77. The lowest BCUT2D eigenvalue weighted by Crippen LogP contribution is -2.00. The molecule has 1 atom stereocenters. The van der Waals surface area contributed by atoms with Gasteiger partial charge in [0.25, 0.3) is 0 Å². The number of phenols is 1. The lowest BCUT2D eigenvalue weighted by atomic mass is 9.93. The number of halogens is 1. The van der Waals surface area contributed by atoms with Gasteiger partial charge in [0.05, 0.1) is 11.6 Å².